The zero-order chi connectivity index (χ0) is 28.4. The van der Waals surface area contributed by atoms with Gasteiger partial charge in [-0.05, 0) is 89.8 Å². The van der Waals surface area contributed by atoms with Crippen LogP contribution in [0.15, 0.2) is 140 Å². The van der Waals surface area contributed by atoms with Gasteiger partial charge in [-0.25, -0.2) is 0 Å². The highest BCUT2D eigenvalue weighted by Crippen LogP contribution is 2.50. The average molecular weight is 541 g/mol. The van der Waals surface area contributed by atoms with E-state index in [4.69, 9.17) is 0 Å². The van der Waals surface area contributed by atoms with Crippen LogP contribution in [0.1, 0.15) is 30.5 Å². The molecule has 42 heavy (non-hydrogen) atoms. The fourth-order valence-corrected chi connectivity index (χ4v) is 6.93. The molecule has 202 valence electrons. The minimum Gasteiger partial charge on any atom is -0.310 e. The van der Waals surface area contributed by atoms with Crippen molar-refractivity contribution in [1.29, 1.82) is 0 Å². The molecule has 0 saturated heterocycles. The SMILES string of the molecule is Cc1ccc(N(c2ccc3c(c2)C(C)(C)c2ccccc2-3)c2ccc3c(c2)c2ccccc2n3-c2ccccc2)cc1. The number of para-hydroxylation sites is 2. The molecule has 7 aromatic rings. The summed E-state index contributed by atoms with van der Waals surface area (Å²) in [4.78, 5) is 2.41. The van der Waals surface area contributed by atoms with E-state index < -0.39 is 0 Å². The maximum Gasteiger partial charge on any atom is 0.0542 e. The first kappa shape index (κ1) is 24.7. The molecule has 1 aliphatic carbocycles. The number of fused-ring (bicyclic) bond motifs is 6. The highest BCUT2D eigenvalue weighted by atomic mass is 15.1. The zero-order valence-electron chi connectivity index (χ0n) is 24.2. The third-order valence-electron chi connectivity index (χ3n) is 9.05. The lowest BCUT2D eigenvalue weighted by molar-refractivity contribution is 0.660. The molecular weight excluding hydrogens is 508 g/mol. The van der Waals surface area contributed by atoms with Gasteiger partial charge in [0.25, 0.3) is 0 Å². The molecule has 2 nitrogen and oxygen atoms in total. The molecule has 1 aromatic heterocycles. The molecule has 0 aliphatic heterocycles. The van der Waals surface area contributed by atoms with Gasteiger partial charge in [0.2, 0.25) is 0 Å². The van der Waals surface area contributed by atoms with Crippen molar-refractivity contribution in [2.75, 3.05) is 4.90 Å². The molecule has 6 aromatic carbocycles. The van der Waals surface area contributed by atoms with E-state index in [0.717, 1.165) is 11.4 Å². The number of aryl methyl sites for hydroxylation is 1. The first-order valence-electron chi connectivity index (χ1n) is 14.7. The second-order valence-electron chi connectivity index (χ2n) is 12.0. The molecule has 0 bridgehead atoms. The van der Waals surface area contributed by atoms with Gasteiger partial charge in [-0.3, -0.25) is 0 Å². The Hall–Kier alpha value is -5.08. The van der Waals surface area contributed by atoms with Crippen LogP contribution in [0.25, 0.3) is 38.6 Å². The fourth-order valence-electron chi connectivity index (χ4n) is 6.93. The van der Waals surface area contributed by atoms with Crippen molar-refractivity contribution in [3.63, 3.8) is 0 Å². The van der Waals surface area contributed by atoms with Crippen LogP contribution in [0.2, 0.25) is 0 Å². The van der Waals surface area contributed by atoms with Gasteiger partial charge in [0.1, 0.15) is 0 Å². The molecule has 0 saturated carbocycles. The number of aromatic nitrogens is 1. The predicted molar refractivity (Wildman–Crippen MR) is 178 cm³/mol. The minimum atomic E-state index is -0.0616. The molecule has 0 atom stereocenters. The average Bonchev–Trinajstić information content (AvgIpc) is 3.47. The summed E-state index contributed by atoms with van der Waals surface area (Å²) in [6.07, 6.45) is 0. The quantitative estimate of drug-likeness (QED) is 0.216. The smallest absolute Gasteiger partial charge is 0.0542 e. The number of nitrogens with zero attached hydrogens (tertiary/aromatic N) is 2. The monoisotopic (exact) mass is 540 g/mol. The van der Waals surface area contributed by atoms with Gasteiger partial charge >= 0.3 is 0 Å². The molecule has 0 amide bonds. The summed E-state index contributed by atoms with van der Waals surface area (Å²) < 4.78 is 2.37. The van der Waals surface area contributed by atoms with Crippen LogP contribution in [0, 0.1) is 6.92 Å². The lowest BCUT2D eigenvalue weighted by atomic mass is 9.82. The maximum absolute atomic E-state index is 2.41. The Morgan fingerprint density at radius 3 is 1.95 bits per heavy atom. The molecule has 1 aliphatic rings. The summed E-state index contributed by atoms with van der Waals surface area (Å²) >= 11 is 0. The van der Waals surface area contributed by atoms with Gasteiger partial charge in [-0.2, -0.15) is 0 Å². The summed E-state index contributed by atoms with van der Waals surface area (Å²) in [5, 5.41) is 2.51. The molecule has 0 N–H and O–H groups in total. The Kier molecular flexibility index (Phi) is 5.42. The van der Waals surface area contributed by atoms with Crippen molar-refractivity contribution < 1.29 is 0 Å². The van der Waals surface area contributed by atoms with Gasteiger partial charge in [-0.15, -0.1) is 0 Å². The third kappa shape index (κ3) is 3.65. The number of hydrogen-bond acceptors (Lipinski definition) is 1. The third-order valence-corrected chi connectivity index (χ3v) is 9.05. The summed E-state index contributed by atoms with van der Waals surface area (Å²) in [5.41, 5.74) is 13.7. The number of hydrogen-bond donors (Lipinski definition) is 0. The molecule has 2 heteroatoms. The van der Waals surface area contributed by atoms with Crippen molar-refractivity contribution in [2.45, 2.75) is 26.2 Å². The molecule has 0 spiro atoms. The Balaban J connectivity index is 1.35. The lowest BCUT2D eigenvalue weighted by Crippen LogP contribution is -2.16. The van der Waals surface area contributed by atoms with Crippen molar-refractivity contribution >= 4 is 38.9 Å². The number of benzene rings is 6. The van der Waals surface area contributed by atoms with Crippen LogP contribution in [-0.4, -0.2) is 4.57 Å². The van der Waals surface area contributed by atoms with Gasteiger partial charge in [0.15, 0.2) is 0 Å². The van der Waals surface area contributed by atoms with Crippen molar-refractivity contribution in [2.24, 2.45) is 0 Å². The fraction of sp³-hybridized carbons (Fsp3) is 0.100. The van der Waals surface area contributed by atoms with E-state index in [-0.39, 0.29) is 5.41 Å². The Bertz CT molecular complexity index is 2110. The van der Waals surface area contributed by atoms with Crippen LogP contribution < -0.4 is 4.90 Å². The predicted octanol–water partition coefficient (Wildman–Crippen LogP) is 10.9. The summed E-state index contributed by atoms with van der Waals surface area (Å²) in [6.45, 7) is 6.85. The second-order valence-corrected chi connectivity index (χ2v) is 12.0. The molecule has 0 radical (unpaired) electrons. The summed E-state index contributed by atoms with van der Waals surface area (Å²) in [7, 11) is 0. The molecule has 0 fully saturated rings. The van der Waals surface area contributed by atoms with Crippen molar-refractivity contribution in [1.82, 2.24) is 4.57 Å². The van der Waals surface area contributed by atoms with Crippen LogP contribution in [0.4, 0.5) is 17.1 Å². The molecular formula is C40H32N2. The lowest BCUT2D eigenvalue weighted by Gasteiger charge is -2.28. The Labute approximate surface area is 247 Å². The van der Waals surface area contributed by atoms with E-state index in [2.05, 4.69) is 170 Å². The Morgan fingerprint density at radius 2 is 1.12 bits per heavy atom. The summed E-state index contributed by atoms with van der Waals surface area (Å²) in [6, 6.07) is 51.1. The second kappa shape index (κ2) is 9.22. The minimum absolute atomic E-state index is 0.0616. The Morgan fingerprint density at radius 1 is 0.500 bits per heavy atom. The number of anilines is 3. The highest BCUT2D eigenvalue weighted by molar-refractivity contribution is 6.10. The molecule has 1 heterocycles. The highest BCUT2D eigenvalue weighted by Gasteiger charge is 2.35. The van der Waals surface area contributed by atoms with E-state index in [1.807, 2.05) is 0 Å². The van der Waals surface area contributed by atoms with Gasteiger partial charge in [0.05, 0.1) is 11.0 Å². The standard InChI is InChI=1S/C40H32N2/c1-27-17-19-29(20-18-27)41(31-21-23-33-32-13-7-9-15-36(32)40(2,3)37(33)26-31)30-22-24-39-35(25-30)34-14-8-10-16-38(34)42(39)28-11-5-4-6-12-28/h4-26H,1-3H3. The van der Waals surface area contributed by atoms with Crippen LogP contribution in [-0.2, 0) is 5.41 Å². The largest absolute Gasteiger partial charge is 0.310 e. The van der Waals surface area contributed by atoms with E-state index >= 15 is 0 Å². The zero-order valence-corrected chi connectivity index (χ0v) is 24.2. The van der Waals surface area contributed by atoms with Crippen molar-refractivity contribution in [3.05, 3.63) is 156 Å². The normalized spacial score (nSPS) is 13.3. The maximum atomic E-state index is 2.41. The first-order chi connectivity index (χ1) is 20.5. The number of rotatable bonds is 4. The summed E-state index contributed by atoms with van der Waals surface area (Å²) in [5.74, 6) is 0. The van der Waals surface area contributed by atoms with Crippen LogP contribution >= 0.6 is 0 Å². The van der Waals surface area contributed by atoms with E-state index in [0.29, 0.717) is 0 Å². The van der Waals surface area contributed by atoms with Gasteiger partial charge < -0.3 is 9.47 Å². The van der Waals surface area contributed by atoms with E-state index in [1.54, 1.807) is 0 Å². The van der Waals surface area contributed by atoms with E-state index in [9.17, 15) is 0 Å². The first-order valence-corrected chi connectivity index (χ1v) is 14.7. The topological polar surface area (TPSA) is 8.17 Å². The van der Waals surface area contributed by atoms with E-state index in [1.165, 1.54) is 61.0 Å². The van der Waals surface area contributed by atoms with Crippen LogP contribution in [0.5, 0.6) is 0 Å². The van der Waals surface area contributed by atoms with Crippen LogP contribution in [0.3, 0.4) is 0 Å². The van der Waals surface area contributed by atoms with Crippen molar-refractivity contribution in [3.8, 4) is 16.8 Å². The van der Waals surface area contributed by atoms with Gasteiger partial charge in [0, 0.05) is 38.9 Å². The molecule has 8 rings (SSSR count). The molecule has 0 unspecified atom stereocenters. The van der Waals surface area contributed by atoms with Gasteiger partial charge in [-0.1, -0.05) is 98.3 Å².